The predicted molar refractivity (Wildman–Crippen MR) is 62.1 cm³/mol. The largest absolute Gasteiger partial charge is 0.464 e. The van der Waals surface area contributed by atoms with Gasteiger partial charge in [-0.3, -0.25) is 0 Å². The van der Waals surface area contributed by atoms with E-state index in [1.165, 1.54) is 24.1 Å². The molecule has 8 heteroatoms. The van der Waals surface area contributed by atoms with E-state index in [1.54, 1.807) is 0 Å². The van der Waals surface area contributed by atoms with Gasteiger partial charge in [0.15, 0.2) is 5.69 Å². The number of ether oxygens (including phenoxy) is 1. The Bertz CT molecular complexity index is 565. The van der Waals surface area contributed by atoms with Crippen molar-refractivity contribution in [3.05, 3.63) is 23.9 Å². The summed E-state index contributed by atoms with van der Waals surface area (Å²) in [5, 5.41) is 7.57. The molecule has 0 unspecified atom stereocenters. The Hall–Kier alpha value is -2.51. The van der Waals surface area contributed by atoms with Crippen molar-refractivity contribution < 1.29 is 9.53 Å². The Morgan fingerprint density at radius 2 is 2.28 bits per heavy atom. The van der Waals surface area contributed by atoms with E-state index in [0.717, 1.165) is 0 Å². The fraction of sp³-hybridized carbons (Fsp3) is 0.300. The van der Waals surface area contributed by atoms with Crippen molar-refractivity contribution >= 4 is 11.8 Å². The van der Waals surface area contributed by atoms with E-state index < -0.39 is 5.97 Å². The van der Waals surface area contributed by atoms with E-state index in [-0.39, 0.29) is 17.5 Å². The molecule has 2 N–H and O–H groups in total. The number of methoxy groups -OCH3 is 1. The summed E-state index contributed by atoms with van der Waals surface area (Å²) in [5.41, 5.74) is 5.94. The van der Waals surface area contributed by atoms with Crippen LogP contribution >= 0.6 is 0 Å². The SMILES string of the molecule is CCc1nc(C(=O)OC)c(N)n1-c1nccnn1. The van der Waals surface area contributed by atoms with Crippen LogP contribution in [0.5, 0.6) is 0 Å². The Balaban J connectivity index is 2.60. The third-order valence-corrected chi connectivity index (χ3v) is 2.35. The minimum absolute atomic E-state index is 0.0572. The number of aromatic nitrogens is 5. The number of esters is 1. The first kappa shape index (κ1) is 12.0. The summed E-state index contributed by atoms with van der Waals surface area (Å²) < 4.78 is 6.10. The molecule has 0 aliphatic rings. The Kier molecular flexibility index (Phi) is 3.18. The highest BCUT2D eigenvalue weighted by Crippen LogP contribution is 2.19. The normalized spacial score (nSPS) is 10.3. The minimum Gasteiger partial charge on any atom is -0.464 e. The summed E-state index contributed by atoms with van der Waals surface area (Å²) in [4.78, 5) is 19.7. The third-order valence-electron chi connectivity index (χ3n) is 2.35. The number of rotatable bonds is 3. The summed E-state index contributed by atoms with van der Waals surface area (Å²) in [6.07, 6.45) is 3.50. The number of hydrogen-bond acceptors (Lipinski definition) is 7. The highest BCUT2D eigenvalue weighted by molar-refractivity contribution is 5.92. The van der Waals surface area contributed by atoms with Gasteiger partial charge < -0.3 is 10.5 Å². The molecule has 2 aromatic heterocycles. The lowest BCUT2D eigenvalue weighted by molar-refractivity contribution is 0.0596. The van der Waals surface area contributed by atoms with Crippen LogP contribution in [0.2, 0.25) is 0 Å². The lowest BCUT2D eigenvalue weighted by Crippen LogP contribution is -2.10. The Morgan fingerprint density at radius 3 is 2.83 bits per heavy atom. The average Bonchev–Trinajstić information content (AvgIpc) is 2.75. The molecular weight excluding hydrogens is 236 g/mol. The van der Waals surface area contributed by atoms with Crippen LogP contribution in [0, 0.1) is 0 Å². The van der Waals surface area contributed by atoms with Crippen LogP contribution in [0.3, 0.4) is 0 Å². The zero-order chi connectivity index (χ0) is 13.1. The van der Waals surface area contributed by atoms with Gasteiger partial charge in [-0.2, -0.15) is 5.10 Å². The number of nitrogens with two attached hydrogens (primary N) is 1. The van der Waals surface area contributed by atoms with Crippen molar-refractivity contribution in [2.75, 3.05) is 12.8 Å². The topological polar surface area (TPSA) is 109 Å². The zero-order valence-corrected chi connectivity index (χ0v) is 9.99. The quantitative estimate of drug-likeness (QED) is 0.760. The zero-order valence-electron chi connectivity index (χ0n) is 9.99. The van der Waals surface area contributed by atoms with E-state index in [1.807, 2.05) is 6.92 Å². The second-order valence-electron chi connectivity index (χ2n) is 3.39. The van der Waals surface area contributed by atoms with Gasteiger partial charge in [-0.1, -0.05) is 6.92 Å². The first-order valence-electron chi connectivity index (χ1n) is 5.28. The van der Waals surface area contributed by atoms with Gasteiger partial charge in [0.1, 0.15) is 11.6 Å². The molecule has 18 heavy (non-hydrogen) atoms. The highest BCUT2D eigenvalue weighted by Gasteiger charge is 2.22. The van der Waals surface area contributed by atoms with Crippen molar-refractivity contribution in [1.82, 2.24) is 24.7 Å². The van der Waals surface area contributed by atoms with Gasteiger partial charge in [0.25, 0.3) is 5.95 Å². The van der Waals surface area contributed by atoms with Crippen LogP contribution in [0.4, 0.5) is 5.82 Å². The molecule has 8 nitrogen and oxygen atoms in total. The van der Waals surface area contributed by atoms with Crippen molar-refractivity contribution in [3.8, 4) is 5.95 Å². The van der Waals surface area contributed by atoms with E-state index in [2.05, 4.69) is 24.9 Å². The molecule has 0 bridgehead atoms. The maximum absolute atomic E-state index is 11.5. The molecule has 94 valence electrons. The number of carbonyl (C=O) groups is 1. The van der Waals surface area contributed by atoms with Gasteiger partial charge in [0.2, 0.25) is 0 Å². The van der Waals surface area contributed by atoms with Gasteiger partial charge in [0.05, 0.1) is 19.5 Å². The Labute approximate surface area is 103 Å². The molecule has 2 rings (SSSR count). The van der Waals surface area contributed by atoms with Gasteiger partial charge in [0, 0.05) is 6.42 Å². The van der Waals surface area contributed by atoms with Crippen LogP contribution < -0.4 is 5.73 Å². The van der Waals surface area contributed by atoms with Crippen molar-refractivity contribution in [3.63, 3.8) is 0 Å². The molecule has 0 fully saturated rings. The summed E-state index contributed by atoms with van der Waals surface area (Å²) in [7, 11) is 1.27. The molecule has 0 aliphatic heterocycles. The highest BCUT2D eigenvalue weighted by atomic mass is 16.5. The fourth-order valence-electron chi connectivity index (χ4n) is 1.53. The summed E-state index contributed by atoms with van der Waals surface area (Å²) in [6, 6.07) is 0. The number of aryl methyl sites for hydroxylation is 1. The minimum atomic E-state index is -0.593. The molecule has 0 aromatic carbocycles. The van der Waals surface area contributed by atoms with Crippen molar-refractivity contribution in [2.24, 2.45) is 0 Å². The summed E-state index contributed by atoms with van der Waals surface area (Å²) >= 11 is 0. The monoisotopic (exact) mass is 248 g/mol. The first-order chi connectivity index (χ1) is 8.69. The number of nitrogen functional groups attached to an aromatic ring is 1. The van der Waals surface area contributed by atoms with Gasteiger partial charge in [-0.05, 0) is 0 Å². The molecule has 2 heterocycles. The van der Waals surface area contributed by atoms with Gasteiger partial charge in [-0.25, -0.2) is 19.3 Å². The molecule has 0 saturated heterocycles. The molecule has 0 radical (unpaired) electrons. The van der Waals surface area contributed by atoms with Gasteiger partial charge >= 0.3 is 5.97 Å². The molecule has 0 amide bonds. The van der Waals surface area contributed by atoms with Crippen LogP contribution in [0.15, 0.2) is 12.4 Å². The lowest BCUT2D eigenvalue weighted by Gasteiger charge is -2.04. The van der Waals surface area contributed by atoms with E-state index in [9.17, 15) is 4.79 Å². The predicted octanol–water partition coefficient (Wildman–Crippen LogP) is -0.0115. The van der Waals surface area contributed by atoms with E-state index in [4.69, 9.17) is 5.73 Å². The molecule has 0 atom stereocenters. The molecule has 0 spiro atoms. The second-order valence-corrected chi connectivity index (χ2v) is 3.39. The first-order valence-corrected chi connectivity index (χ1v) is 5.28. The molecule has 2 aromatic rings. The lowest BCUT2D eigenvalue weighted by atomic mass is 10.4. The second kappa shape index (κ2) is 4.78. The van der Waals surface area contributed by atoms with Crippen LogP contribution in [0.25, 0.3) is 5.95 Å². The fourth-order valence-corrected chi connectivity index (χ4v) is 1.53. The smallest absolute Gasteiger partial charge is 0.360 e. The van der Waals surface area contributed by atoms with Crippen molar-refractivity contribution in [2.45, 2.75) is 13.3 Å². The number of nitrogens with zero attached hydrogens (tertiary/aromatic N) is 5. The maximum atomic E-state index is 11.5. The van der Waals surface area contributed by atoms with E-state index in [0.29, 0.717) is 12.2 Å². The molecular formula is C10H12N6O2. The number of anilines is 1. The number of hydrogen-bond donors (Lipinski definition) is 1. The average molecular weight is 248 g/mol. The standard InChI is InChI=1S/C10H12N6O2/c1-3-6-14-7(9(17)18-2)8(11)16(6)10-12-4-5-13-15-10/h4-5H,3,11H2,1-2H3. The number of imidazole rings is 1. The van der Waals surface area contributed by atoms with Crippen LogP contribution in [0.1, 0.15) is 23.2 Å². The van der Waals surface area contributed by atoms with Crippen LogP contribution in [-0.2, 0) is 11.2 Å². The van der Waals surface area contributed by atoms with Gasteiger partial charge in [-0.15, -0.1) is 5.10 Å². The van der Waals surface area contributed by atoms with E-state index >= 15 is 0 Å². The number of carbonyl (C=O) groups excluding carboxylic acids is 1. The molecule has 0 saturated carbocycles. The summed E-state index contributed by atoms with van der Waals surface area (Å²) in [5.74, 6) is 0.395. The van der Waals surface area contributed by atoms with Crippen LogP contribution in [-0.4, -0.2) is 37.8 Å². The third kappa shape index (κ3) is 1.88. The Morgan fingerprint density at radius 1 is 1.50 bits per heavy atom. The molecule has 0 aliphatic carbocycles. The summed E-state index contributed by atoms with van der Waals surface area (Å²) in [6.45, 7) is 1.88. The maximum Gasteiger partial charge on any atom is 0.360 e. The van der Waals surface area contributed by atoms with Crippen molar-refractivity contribution in [1.29, 1.82) is 0 Å².